The van der Waals surface area contributed by atoms with Crippen molar-refractivity contribution in [1.29, 1.82) is 0 Å². The van der Waals surface area contributed by atoms with E-state index in [2.05, 4.69) is 56.1 Å². The molecule has 0 saturated heterocycles. The van der Waals surface area contributed by atoms with E-state index in [4.69, 9.17) is 5.73 Å². The molecular formula is C16H29N3. The van der Waals surface area contributed by atoms with Crippen molar-refractivity contribution in [2.75, 3.05) is 32.7 Å². The average Bonchev–Trinajstić information content (AvgIpc) is 2.40. The number of nitrogens with zero attached hydrogens (tertiary/aromatic N) is 1. The van der Waals surface area contributed by atoms with Gasteiger partial charge in [-0.1, -0.05) is 37.6 Å². The molecule has 1 rings (SSSR count). The van der Waals surface area contributed by atoms with Gasteiger partial charge in [0.25, 0.3) is 0 Å². The van der Waals surface area contributed by atoms with Crippen LogP contribution in [0.4, 0.5) is 0 Å². The summed E-state index contributed by atoms with van der Waals surface area (Å²) in [6, 6.07) is 6.85. The lowest BCUT2D eigenvalue weighted by molar-refractivity contribution is 0.296. The summed E-state index contributed by atoms with van der Waals surface area (Å²) in [6.45, 7) is 13.6. The number of hydrogen-bond donors (Lipinski definition) is 2. The zero-order valence-electron chi connectivity index (χ0n) is 12.9. The number of rotatable bonds is 8. The third-order valence-corrected chi connectivity index (χ3v) is 3.75. The monoisotopic (exact) mass is 263 g/mol. The molecule has 0 spiro atoms. The molecule has 0 saturated carbocycles. The molecule has 0 radical (unpaired) electrons. The standard InChI is InChI=1S/C16H29N3/c1-5-19(6-2)10-9-18-16(12-17)15-8-7-13(3)11-14(15)4/h7-8,11,16,18H,5-6,9-10,12,17H2,1-4H3. The van der Waals surface area contributed by atoms with Gasteiger partial charge in [0.05, 0.1) is 0 Å². The Hall–Kier alpha value is -0.900. The van der Waals surface area contributed by atoms with Crippen molar-refractivity contribution in [1.82, 2.24) is 10.2 Å². The zero-order chi connectivity index (χ0) is 14.3. The highest BCUT2D eigenvalue weighted by Crippen LogP contribution is 2.18. The molecule has 0 amide bonds. The second-order valence-electron chi connectivity index (χ2n) is 5.13. The van der Waals surface area contributed by atoms with Crippen LogP contribution < -0.4 is 11.1 Å². The highest BCUT2D eigenvalue weighted by molar-refractivity contribution is 5.33. The predicted molar refractivity (Wildman–Crippen MR) is 83.5 cm³/mol. The van der Waals surface area contributed by atoms with Crippen LogP contribution in [0.3, 0.4) is 0 Å². The number of nitrogens with one attached hydrogen (secondary N) is 1. The van der Waals surface area contributed by atoms with Gasteiger partial charge in [0.1, 0.15) is 0 Å². The van der Waals surface area contributed by atoms with Crippen LogP contribution >= 0.6 is 0 Å². The topological polar surface area (TPSA) is 41.3 Å². The Morgan fingerprint density at radius 3 is 2.42 bits per heavy atom. The lowest BCUT2D eigenvalue weighted by atomic mass is 9.99. The number of nitrogens with two attached hydrogens (primary N) is 1. The summed E-state index contributed by atoms with van der Waals surface area (Å²) in [6.07, 6.45) is 0. The molecule has 0 heterocycles. The van der Waals surface area contributed by atoms with E-state index in [9.17, 15) is 0 Å². The summed E-state index contributed by atoms with van der Waals surface area (Å²) in [5.41, 5.74) is 9.87. The van der Waals surface area contributed by atoms with E-state index in [1.54, 1.807) is 0 Å². The van der Waals surface area contributed by atoms with Crippen LogP contribution in [0.25, 0.3) is 0 Å². The van der Waals surface area contributed by atoms with Crippen molar-refractivity contribution in [3.05, 3.63) is 34.9 Å². The van der Waals surface area contributed by atoms with E-state index < -0.39 is 0 Å². The number of hydrogen-bond acceptors (Lipinski definition) is 3. The van der Waals surface area contributed by atoms with E-state index in [-0.39, 0.29) is 6.04 Å². The normalized spacial score (nSPS) is 12.9. The minimum Gasteiger partial charge on any atom is -0.329 e. The molecule has 3 N–H and O–H groups in total. The quantitative estimate of drug-likeness (QED) is 0.756. The maximum atomic E-state index is 5.92. The third-order valence-electron chi connectivity index (χ3n) is 3.75. The molecule has 108 valence electrons. The SMILES string of the molecule is CCN(CC)CCNC(CN)c1ccc(C)cc1C. The molecule has 1 aromatic rings. The molecule has 0 aliphatic carbocycles. The van der Waals surface area contributed by atoms with Crippen LogP contribution in [0.2, 0.25) is 0 Å². The average molecular weight is 263 g/mol. The number of aryl methyl sites for hydroxylation is 2. The molecule has 3 heteroatoms. The van der Waals surface area contributed by atoms with Crippen molar-refractivity contribution >= 4 is 0 Å². The zero-order valence-corrected chi connectivity index (χ0v) is 12.9. The molecular weight excluding hydrogens is 234 g/mol. The minimum atomic E-state index is 0.260. The van der Waals surface area contributed by atoms with Crippen LogP contribution in [0.5, 0.6) is 0 Å². The van der Waals surface area contributed by atoms with Crippen molar-refractivity contribution in [3.63, 3.8) is 0 Å². The Bertz CT molecular complexity index is 372. The van der Waals surface area contributed by atoms with Crippen molar-refractivity contribution < 1.29 is 0 Å². The Morgan fingerprint density at radius 1 is 1.21 bits per heavy atom. The maximum absolute atomic E-state index is 5.92. The van der Waals surface area contributed by atoms with E-state index in [1.807, 2.05) is 0 Å². The molecule has 3 nitrogen and oxygen atoms in total. The van der Waals surface area contributed by atoms with Gasteiger partial charge in [0, 0.05) is 25.7 Å². The van der Waals surface area contributed by atoms with Crippen molar-refractivity contribution in [3.8, 4) is 0 Å². The van der Waals surface area contributed by atoms with Crippen LogP contribution in [0, 0.1) is 13.8 Å². The van der Waals surface area contributed by atoms with Gasteiger partial charge in [0.15, 0.2) is 0 Å². The molecule has 19 heavy (non-hydrogen) atoms. The summed E-state index contributed by atoms with van der Waals surface area (Å²) in [4.78, 5) is 2.42. The highest BCUT2D eigenvalue weighted by Gasteiger charge is 2.11. The molecule has 1 atom stereocenters. The van der Waals surface area contributed by atoms with Crippen molar-refractivity contribution in [2.24, 2.45) is 5.73 Å². The number of likely N-dealkylation sites (N-methyl/N-ethyl adjacent to an activating group) is 1. The Labute approximate surface area is 118 Å². The summed E-state index contributed by atoms with van der Waals surface area (Å²) in [7, 11) is 0. The smallest absolute Gasteiger partial charge is 0.0447 e. The van der Waals surface area contributed by atoms with Gasteiger partial charge >= 0.3 is 0 Å². The predicted octanol–water partition coefficient (Wildman–Crippen LogP) is 2.23. The fourth-order valence-corrected chi connectivity index (χ4v) is 2.47. The molecule has 0 bridgehead atoms. The van der Waals surface area contributed by atoms with Gasteiger partial charge < -0.3 is 16.0 Å². The molecule has 0 fully saturated rings. The second-order valence-corrected chi connectivity index (χ2v) is 5.13. The fourth-order valence-electron chi connectivity index (χ4n) is 2.47. The summed E-state index contributed by atoms with van der Waals surface area (Å²) < 4.78 is 0. The lowest BCUT2D eigenvalue weighted by Crippen LogP contribution is -2.36. The van der Waals surface area contributed by atoms with Crippen LogP contribution in [-0.4, -0.2) is 37.6 Å². The second kappa shape index (κ2) is 8.31. The van der Waals surface area contributed by atoms with Gasteiger partial charge in [-0.2, -0.15) is 0 Å². The molecule has 0 aliphatic rings. The highest BCUT2D eigenvalue weighted by atomic mass is 15.1. The number of benzene rings is 1. The van der Waals surface area contributed by atoms with Crippen LogP contribution in [0.1, 0.15) is 36.6 Å². The minimum absolute atomic E-state index is 0.260. The summed E-state index contributed by atoms with van der Waals surface area (Å²) >= 11 is 0. The van der Waals surface area contributed by atoms with Gasteiger partial charge in [-0.3, -0.25) is 0 Å². The maximum Gasteiger partial charge on any atom is 0.0447 e. The van der Waals surface area contributed by atoms with Gasteiger partial charge in [0.2, 0.25) is 0 Å². The van der Waals surface area contributed by atoms with E-state index >= 15 is 0 Å². The van der Waals surface area contributed by atoms with Crippen LogP contribution in [-0.2, 0) is 0 Å². The Morgan fingerprint density at radius 2 is 1.89 bits per heavy atom. The molecule has 1 aromatic carbocycles. The first-order valence-electron chi connectivity index (χ1n) is 7.35. The first kappa shape index (κ1) is 16.2. The van der Waals surface area contributed by atoms with Gasteiger partial charge in [-0.25, -0.2) is 0 Å². The fraction of sp³-hybridized carbons (Fsp3) is 0.625. The first-order chi connectivity index (χ1) is 9.12. The molecule has 1 unspecified atom stereocenters. The lowest BCUT2D eigenvalue weighted by Gasteiger charge is -2.23. The van der Waals surface area contributed by atoms with E-state index in [0.29, 0.717) is 6.54 Å². The van der Waals surface area contributed by atoms with Crippen molar-refractivity contribution in [2.45, 2.75) is 33.7 Å². The van der Waals surface area contributed by atoms with Gasteiger partial charge in [-0.05, 0) is 38.1 Å². The van der Waals surface area contributed by atoms with E-state index in [0.717, 1.165) is 26.2 Å². The molecule has 0 aliphatic heterocycles. The van der Waals surface area contributed by atoms with Gasteiger partial charge in [-0.15, -0.1) is 0 Å². The van der Waals surface area contributed by atoms with Crippen LogP contribution in [0.15, 0.2) is 18.2 Å². The third kappa shape index (κ3) is 4.94. The largest absolute Gasteiger partial charge is 0.329 e. The Kier molecular flexibility index (Phi) is 7.06. The van der Waals surface area contributed by atoms with E-state index in [1.165, 1.54) is 16.7 Å². The summed E-state index contributed by atoms with van der Waals surface area (Å²) in [5.74, 6) is 0. The first-order valence-corrected chi connectivity index (χ1v) is 7.35. The molecule has 0 aromatic heterocycles. The summed E-state index contributed by atoms with van der Waals surface area (Å²) in [5, 5.41) is 3.58. The Balaban J connectivity index is 2.58.